The molecule has 0 aliphatic carbocycles. The molecule has 4 rings (SSSR count). The lowest BCUT2D eigenvalue weighted by molar-refractivity contribution is 0.0952. The molecule has 0 aliphatic rings. The van der Waals surface area contributed by atoms with Gasteiger partial charge in [-0.2, -0.15) is 0 Å². The minimum absolute atomic E-state index is 0.0620. The first-order valence-electron chi connectivity index (χ1n) is 9.86. The van der Waals surface area contributed by atoms with E-state index in [1.165, 1.54) is 18.2 Å². The number of nitrogen functional groups attached to an aromatic ring is 1. The van der Waals surface area contributed by atoms with Crippen LogP contribution in [-0.2, 0) is 16.6 Å². The normalized spacial score (nSPS) is 11.3. The topological polar surface area (TPSA) is 101 Å². The van der Waals surface area contributed by atoms with E-state index in [2.05, 4.69) is 10.0 Å². The fourth-order valence-electron chi connectivity index (χ4n) is 3.46. The van der Waals surface area contributed by atoms with Gasteiger partial charge in [0.2, 0.25) is 0 Å². The van der Waals surface area contributed by atoms with Crippen molar-refractivity contribution in [2.75, 3.05) is 10.5 Å². The van der Waals surface area contributed by atoms with Crippen molar-refractivity contribution in [1.29, 1.82) is 0 Å². The average molecular weight is 500 g/mol. The molecule has 168 valence electrons. The van der Waals surface area contributed by atoms with Crippen molar-refractivity contribution < 1.29 is 13.2 Å². The van der Waals surface area contributed by atoms with Gasteiger partial charge in [0.25, 0.3) is 15.9 Å². The fraction of sp³-hybridized carbons (Fsp3) is 0.0417. The summed E-state index contributed by atoms with van der Waals surface area (Å²) in [7, 11) is -3.96. The molecule has 0 saturated heterocycles. The molecule has 4 N–H and O–H groups in total. The number of rotatable bonds is 6. The third-order valence-corrected chi connectivity index (χ3v) is 6.74. The smallest absolute Gasteiger partial charge is 0.262 e. The zero-order chi connectivity index (χ0) is 23.6. The van der Waals surface area contributed by atoms with Crippen LogP contribution in [0.15, 0.2) is 83.8 Å². The van der Waals surface area contributed by atoms with E-state index in [1.54, 1.807) is 48.5 Å². The third kappa shape index (κ3) is 5.22. The van der Waals surface area contributed by atoms with Crippen molar-refractivity contribution in [2.24, 2.45) is 0 Å². The van der Waals surface area contributed by atoms with E-state index < -0.39 is 10.0 Å². The largest absolute Gasteiger partial charge is 0.399 e. The maximum absolute atomic E-state index is 12.9. The Morgan fingerprint density at radius 2 is 1.52 bits per heavy atom. The van der Waals surface area contributed by atoms with Crippen molar-refractivity contribution in [1.82, 2.24) is 5.32 Å². The van der Waals surface area contributed by atoms with Crippen LogP contribution in [0, 0.1) is 0 Å². The summed E-state index contributed by atoms with van der Waals surface area (Å²) in [5.41, 5.74) is 8.03. The van der Waals surface area contributed by atoms with Gasteiger partial charge in [0.15, 0.2) is 0 Å². The first-order chi connectivity index (χ1) is 15.7. The van der Waals surface area contributed by atoms with E-state index in [9.17, 15) is 13.2 Å². The molecule has 9 heteroatoms. The van der Waals surface area contributed by atoms with E-state index in [-0.39, 0.29) is 20.8 Å². The van der Waals surface area contributed by atoms with Gasteiger partial charge in [-0.1, -0.05) is 59.6 Å². The molecule has 4 aromatic carbocycles. The Morgan fingerprint density at radius 3 is 2.24 bits per heavy atom. The molecule has 0 heterocycles. The predicted octanol–water partition coefficient (Wildman–Crippen LogP) is 5.46. The summed E-state index contributed by atoms with van der Waals surface area (Å²) < 4.78 is 28.4. The molecule has 0 aromatic heterocycles. The zero-order valence-electron chi connectivity index (χ0n) is 17.2. The number of nitrogens with one attached hydrogen (secondary N) is 2. The lowest BCUT2D eigenvalue weighted by Crippen LogP contribution is -2.23. The van der Waals surface area contributed by atoms with Crippen LogP contribution in [0.2, 0.25) is 10.0 Å². The third-order valence-electron chi connectivity index (χ3n) is 4.96. The van der Waals surface area contributed by atoms with E-state index in [4.69, 9.17) is 28.9 Å². The molecule has 1 amide bonds. The average Bonchev–Trinajstić information content (AvgIpc) is 2.76. The minimum Gasteiger partial charge on any atom is -0.399 e. The Bertz CT molecular complexity index is 1450. The molecular weight excluding hydrogens is 481 g/mol. The number of carbonyl (C=O) groups excluding carboxylic acids is 1. The maximum atomic E-state index is 12.9. The van der Waals surface area contributed by atoms with Crippen LogP contribution < -0.4 is 15.8 Å². The van der Waals surface area contributed by atoms with Gasteiger partial charge in [0, 0.05) is 33.2 Å². The van der Waals surface area contributed by atoms with Gasteiger partial charge in [0.05, 0.1) is 10.6 Å². The Balaban J connectivity index is 1.64. The molecule has 6 nitrogen and oxygen atoms in total. The number of hydrogen-bond donors (Lipinski definition) is 3. The molecular formula is C24H19Cl2N3O3S. The van der Waals surface area contributed by atoms with Gasteiger partial charge in [-0.15, -0.1) is 0 Å². The summed E-state index contributed by atoms with van der Waals surface area (Å²) >= 11 is 11.9. The second-order valence-corrected chi connectivity index (χ2v) is 9.90. The van der Waals surface area contributed by atoms with Crippen molar-refractivity contribution in [2.45, 2.75) is 11.4 Å². The summed E-state index contributed by atoms with van der Waals surface area (Å²) in [4.78, 5) is 12.8. The molecule has 0 fully saturated rings. The monoisotopic (exact) mass is 499 g/mol. The fourth-order valence-corrected chi connectivity index (χ4v) is 5.27. The molecule has 0 aliphatic heterocycles. The summed E-state index contributed by atoms with van der Waals surface area (Å²) in [5.74, 6) is -0.287. The van der Waals surface area contributed by atoms with Crippen molar-refractivity contribution in [3.8, 4) is 0 Å². The molecule has 0 atom stereocenters. The van der Waals surface area contributed by atoms with Crippen LogP contribution >= 0.6 is 23.2 Å². The predicted molar refractivity (Wildman–Crippen MR) is 133 cm³/mol. The summed E-state index contributed by atoms with van der Waals surface area (Å²) in [6.07, 6.45) is 0. The van der Waals surface area contributed by atoms with Gasteiger partial charge in [-0.3, -0.25) is 9.52 Å². The Morgan fingerprint density at radius 1 is 0.848 bits per heavy atom. The second kappa shape index (κ2) is 9.31. The number of benzene rings is 4. The van der Waals surface area contributed by atoms with Crippen LogP contribution in [0.3, 0.4) is 0 Å². The van der Waals surface area contributed by atoms with Crippen LogP contribution in [0.25, 0.3) is 10.8 Å². The molecule has 0 bridgehead atoms. The van der Waals surface area contributed by atoms with Gasteiger partial charge in [-0.25, -0.2) is 8.42 Å². The second-order valence-electron chi connectivity index (χ2n) is 7.34. The number of sulfonamides is 1. The zero-order valence-corrected chi connectivity index (χ0v) is 19.5. The highest BCUT2D eigenvalue weighted by atomic mass is 35.5. The summed E-state index contributed by atoms with van der Waals surface area (Å²) in [6.45, 7) is 0.308. The lowest BCUT2D eigenvalue weighted by atomic mass is 10.0. The maximum Gasteiger partial charge on any atom is 0.262 e. The van der Waals surface area contributed by atoms with Crippen molar-refractivity contribution >= 4 is 61.3 Å². The highest BCUT2D eigenvalue weighted by Gasteiger charge is 2.18. The number of hydrogen-bond acceptors (Lipinski definition) is 4. The van der Waals surface area contributed by atoms with Gasteiger partial charge in [0.1, 0.15) is 0 Å². The Hall–Kier alpha value is -3.26. The van der Waals surface area contributed by atoms with Crippen LogP contribution in [-0.4, -0.2) is 14.3 Å². The quantitative estimate of drug-likeness (QED) is 0.306. The number of nitrogens with two attached hydrogens (primary N) is 1. The van der Waals surface area contributed by atoms with Crippen molar-refractivity contribution in [3.63, 3.8) is 0 Å². The van der Waals surface area contributed by atoms with E-state index in [0.29, 0.717) is 34.3 Å². The van der Waals surface area contributed by atoms with E-state index in [1.807, 2.05) is 12.1 Å². The van der Waals surface area contributed by atoms with Crippen LogP contribution in [0.4, 0.5) is 11.4 Å². The summed E-state index contributed by atoms with van der Waals surface area (Å²) in [6, 6.07) is 21.5. The Labute approximate surface area is 201 Å². The lowest BCUT2D eigenvalue weighted by Gasteiger charge is -2.13. The van der Waals surface area contributed by atoms with Crippen LogP contribution in [0.1, 0.15) is 15.9 Å². The molecule has 0 unspecified atom stereocenters. The highest BCUT2D eigenvalue weighted by Crippen LogP contribution is 2.29. The van der Waals surface area contributed by atoms with E-state index in [0.717, 1.165) is 5.56 Å². The number of anilines is 2. The number of fused-ring (bicyclic) bond motifs is 1. The minimum atomic E-state index is -3.96. The van der Waals surface area contributed by atoms with Gasteiger partial charge in [-0.05, 0) is 53.4 Å². The molecule has 0 spiro atoms. The van der Waals surface area contributed by atoms with E-state index >= 15 is 0 Å². The van der Waals surface area contributed by atoms with Gasteiger partial charge >= 0.3 is 0 Å². The van der Waals surface area contributed by atoms with Crippen molar-refractivity contribution in [3.05, 3.63) is 100 Å². The number of amides is 1. The highest BCUT2D eigenvalue weighted by molar-refractivity contribution is 7.92. The standard InChI is InChI=1S/C24H19Cl2N3O3S/c25-16-11-17(26)13-19(12-16)33(31,32)29-23-9-3-6-20-21(23)7-2-8-22(20)24(30)28-14-15-4-1-5-18(27)10-15/h1-13,29H,14,27H2,(H,28,30). The first-order valence-corrected chi connectivity index (χ1v) is 12.1. The Kier molecular flexibility index (Phi) is 6.47. The molecule has 4 aromatic rings. The van der Waals surface area contributed by atoms with Crippen LogP contribution in [0.5, 0.6) is 0 Å². The molecule has 0 saturated carbocycles. The number of halogens is 2. The first kappa shape index (κ1) is 22.9. The SMILES string of the molecule is Nc1cccc(CNC(=O)c2cccc3c(NS(=O)(=O)c4cc(Cl)cc(Cl)c4)cccc23)c1. The summed E-state index contributed by atoms with van der Waals surface area (Å²) in [5, 5.41) is 4.47. The van der Waals surface area contributed by atoms with Gasteiger partial charge < -0.3 is 11.1 Å². The number of carbonyl (C=O) groups is 1. The molecule has 0 radical (unpaired) electrons. The molecule has 33 heavy (non-hydrogen) atoms.